The summed E-state index contributed by atoms with van der Waals surface area (Å²) in [5.41, 5.74) is 6.71. The molecular formula is C13H22N4O2. The Morgan fingerprint density at radius 2 is 2.26 bits per heavy atom. The molecule has 0 saturated carbocycles. The lowest BCUT2D eigenvalue weighted by atomic mass is 9.95. The average molecular weight is 266 g/mol. The van der Waals surface area contributed by atoms with Crippen LogP contribution in [0.1, 0.15) is 42.9 Å². The lowest BCUT2D eigenvalue weighted by Crippen LogP contribution is -2.49. The SMILES string of the molecule is CCn1nc(C)c(N)c1C(=O)N1CCCC(C)(O)C1. The summed E-state index contributed by atoms with van der Waals surface area (Å²) in [6, 6.07) is 0. The molecule has 1 aliphatic heterocycles. The highest BCUT2D eigenvalue weighted by Gasteiger charge is 2.33. The number of likely N-dealkylation sites (tertiary alicyclic amines) is 1. The van der Waals surface area contributed by atoms with E-state index in [2.05, 4.69) is 5.10 Å². The number of aryl methyl sites for hydroxylation is 2. The molecule has 1 unspecified atom stereocenters. The van der Waals surface area contributed by atoms with Crippen molar-refractivity contribution in [3.8, 4) is 0 Å². The number of aromatic nitrogens is 2. The van der Waals surface area contributed by atoms with E-state index in [4.69, 9.17) is 5.73 Å². The number of carbonyl (C=O) groups excluding carboxylic acids is 1. The maximum Gasteiger partial charge on any atom is 0.274 e. The van der Waals surface area contributed by atoms with Crippen LogP contribution in [0.2, 0.25) is 0 Å². The van der Waals surface area contributed by atoms with Crippen LogP contribution >= 0.6 is 0 Å². The summed E-state index contributed by atoms with van der Waals surface area (Å²) < 4.78 is 1.64. The van der Waals surface area contributed by atoms with Crippen molar-refractivity contribution in [1.29, 1.82) is 0 Å². The van der Waals surface area contributed by atoms with Crippen molar-refractivity contribution in [2.45, 2.75) is 45.8 Å². The second-order valence-corrected chi connectivity index (χ2v) is 5.49. The van der Waals surface area contributed by atoms with Gasteiger partial charge in [0, 0.05) is 19.6 Å². The Labute approximate surface area is 113 Å². The number of carbonyl (C=O) groups is 1. The Morgan fingerprint density at radius 1 is 1.58 bits per heavy atom. The highest BCUT2D eigenvalue weighted by atomic mass is 16.3. The van der Waals surface area contributed by atoms with Crippen LogP contribution in [0.25, 0.3) is 0 Å². The molecule has 106 valence electrons. The van der Waals surface area contributed by atoms with Gasteiger partial charge >= 0.3 is 0 Å². The number of anilines is 1. The summed E-state index contributed by atoms with van der Waals surface area (Å²) in [5.74, 6) is -0.139. The Kier molecular flexibility index (Phi) is 3.54. The van der Waals surface area contributed by atoms with Gasteiger partial charge in [0.25, 0.3) is 5.91 Å². The van der Waals surface area contributed by atoms with Crippen molar-refractivity contribution in [3.63, 3.8) is 0 Å². The molecule has 1 atom stereocenters. The Morgan fingerprint density at radius 3 is 2.84 bits per heavy atom. The molecule has 1 aromatic heterocycles. The average Bonchev–Trinajstić information content (AvgIpc) is 2.63. The van der Waals surface area contributed by atoms with Crippen molar-refractivity contribution in [3.05, 3.63) is 11.4 Å². The second kappa shape index (κ2) is 4.85. The highest BCUT2D eigenvalue weighted by molar-refractivity contribution is 5.98. The summed E-state index contributed by atoms with van der Waals surface area (Å²) in [6.45, 7) is 7.09. The summed E-state index contributed by atoms with van der Waals surface area (Å²) in [7, 11) is 0. The Bertz CT molecular complexity index is 493. The molecule has 1 saturated heterocycles. The van der Waals surface area contributed by atoms with Crippen molar-refractivity contribution in [1.82, 2.24) is 14.7 Å². The third kappa shape index (κ3) is 2.58. The van der Waals surface area contributed by atoms with Crippen molar-refractivity contribution >= 4 is 11.6 Å². The van der Waals surface area contributed by atoms with Crippen LogP contribution in [0.15, 0.2) is 0 Å². The highest BCUT2D eigenvalue weighted by Crippen LogP contribution is 2.24. The van der Waals surface area contributed by atoms with Crippen molar-refractivity contribution < 1.29 is 9.90 Å². The number of nitrogens with zero attached hydrogens (tertiary/aromatic N) is 3. The zero-order valence-corrected chi connectivity index (χ0v) is 11.8. The molecule has 0 bridgehead atoms. The molecule has 3 N–H and O–H groups in total. The lowest BCUT2D eigenvalue weighted by molar-refractivity contribution is -0.0111. The largest absolute Gasteiger partial charge is 0.395 e. The van der Waals surface area contributed by atoms with Gasteiger partial charge in [-0.1, -0.05) is 0 Å². The number of hydrogen-bond donors (Lipinski definition) is 2. The number of nitrogens with two attached hydrogens (primary N) is 1. The molecule has 1 fully saturated rings. The number of aliphatic hydroxyl groups is 1. The summed E-state index contributed by atoms with van der Waals surface area (Å²) in [4.78, 5) is 14.2. The van der Waals surface area contributed by atoms with Crippen LogP contribution in [0.3, 0.4) is 0 Å². The van der Waals surface area contributed by atoms with Gasteiger partial charge in [-0.15, -0.1) is 0 Å². The van der Waals surface area contributed by atoms with E-state index in [-0.39, 0.29) is 5.91 Å². The normalized spacial score (nSPS) is 23.7. The lowest BCUT2D eigenvalue weighted by Gasteiger charge is -2.36. The van der Waals surface area contributed by atoms with E-state index < -0.39 is 5.60 Å². The fourth-order valence-electron chi connectivity index (χ4n) is 2.59. The van der Waals surface area contributed by atoms with E-state index in [1.54, 1.807) is 23.4 Å². The molecule has 2 heterocycles. The first-order valence-corrected chi connectivity index (χ1v) is 6.70. The van der Waals surface area contributed by atoms with Crippen molar-refractivity contribution in [2.75, 3.05) is 18.8 Å². The van der Waals surface area contributed by atoms with Gasteiger partial charge in [-0.3, -0.25) is 9.48 Å². The van der Waals surface area contributed by atoms with Crippen LogP contribution in [0.5, 0.6) is 0 Å². The molecule has 1 aromatic rings. The summed E-state index contributed by atoms with van der Waals surface area (Å²) in [6.07, 6.45) is 1.52. The third-order valence-corrected chi connectivity index (χ3v) is 3.64. The van der Waals surface area contributed by atoms with E-state index >= 15 is 0 Å². The zero-order chi connectivity index (χ0) is 14.2. The van der Waals surface area contributed by atoms with Crippen LogP contribution in [0.4, 0.5) is 5.69 Å². The first-order valence-electron chi connectivity index (χ1n) is 6.70. The predicted octanol–water partition coefficient (Wildman–Crippen LogP) is 0.781. The molecular weight excluding hydrogens is 244 g/mol. The standard InChI is InChI=1S/C13H22N4O2/c1-4-17-11(10(14)9(2)15-17)12(18)16-7-5-6-13(3,19)8-16/h19H,4-8,14H2,1-3H3. The Hall–Kier alpha value is -1.56. The maximum absolute atomic E-state index is 12.6. The smallest absolute Gasteiger partial charge is 0.274 e. The maximum atomic E-state index is 12.6. The van der Waals surface area contributed by atoms with Crippen LogP contribution in [0, 0.1) is 6.92 Å². The second-order valence-electron chi connectivity index (χ2n) is 5.49. The number of rotatable bonds is 2. The van der Waals surface area contributed by atoms with Gasteiger partial charge in [0.1, 0.15) is 5.69 Å². The molecule has 0 spiro atoms. The minimum Gasteiger partial charge on any atom is -0.395 e. The van der Waals surface area contributed by atoms with Gasteiger partial charge in [-0.05, 0) is 33.6 Å². The molecule has 6 heteroatoms. The molecule has 0 aliphatic carbocycles. The van der Waals surface area contributed by atoms with Gasteiger partial charge < -0.3 is 15.7 Å². The third-order valence-electron chi connectivity index (χ3n) is 3.64. The van der Waals surface area contributed by atoms with Gasteiger partial charge in [-0.2, -0.15) is 5.10 Å². The molecule has 0 radical (unpaired) electrons. The van der Waals surface area contributed by atoms with Crippen LogP contribution in [-0.4, -0.2) is 44.4 Å². The minimum atomic E-state index is -0.811. The number of hydrogen-bond acceptors (Lipinski definition) is 4. The van der Waals surface area contributed by atoms with E-state index in [1.165, 1.54) is 0 Å². The van der Waals surface area contributed by atoms with E-state index in [1.807, 2.05) is 6.92 Å². The van der Waals surface area contributed by atoms with Crippen molar-refractivity contribution in [2.24, 2.45) is 0 Å². The quantitative estimate of drug-likeness (QED) is 0.828. The summed E-state index contributed by atoms with van der Waals surface area (Å²) >= 11 is 0. The van der Waals surface area contributed by atoms with Gasteiger partial charge in [-0.25, -0.2) is 0 Å². The number of piperidine rings is 1. The van der Waals surface area contributed by atoms with Gasteiger partial charge in [0.2, 0.25) is 0 Å². The number of β-amino-alcohol motifs (C(OH)–C–C–N with tert-alkyl or cyclic N) is 1. The van der Waals surface area contributed by atoms with E-state index in [0.29, 0.717) is 36.7 Å². The number of amides is 1. The monoisotopic (exact) mass is 266 g/mol. The topological polar surface area (TPSA) is 84.4 Å². The summed E-state index contributed by atoms with van der Waals surface area (Å²) in [5, 5.41) is 14.4. The van der Waals surface area contributed by atoms with Gasteiger partial charge in [0.05, 0.1) is 17.0 Å². The molecule has 2 rings (SSSR count). The fourth-order valence-corrected chi connectivity index (χ4v) is 2.59. The predicted molar refractivity (Wildman–Crippen MR) is 72.8 cm³/mol. The van der Waals surface area contributed by atoms with E-state index in [9.17, 15) is 9.90 Å². The number of nitrogen functional groups attached to an aromatic ring is 1. The minimum absolute atomic E-state index is 0.139. The molecule has 19 heavy (non-hydrogen) atoms. The molecule has 1 amide bonds. The first kappa shape index (κ1) is 13.9. The van der Waals surface area contributed by atoms with Crippen LogP contribution in [-0.2, 0) is 6.54 Å². The molecule has 1 aliphatic rings. The van der Waals surface area contributed by atoms with E-state index in [0.717, 1.165) is 12.8 Å². The first-order chi connectivity index (χ1) is 8.85. The molecule has 6 nitrogen and oxygen atoms in total. The Balaban J connectivity index is 2.29. The zero-order valence-electron chi connectivity index (χ0n) is 11.8. The molecule has 0 aromatic carbocycles. The fraction of sp³-hybridized carbons (Fsp3) is 0.692. The van der Waals surface area contributed by atoms with Gasteiger partial charge in [0.15, 0.2) is 0 Å². The van der Waals surface area contributed by atoms with Crippen LogP contribution < -0.4 is 5.73 Å².